The molecule has 78 valence electrons. The summed E-state index contributed by atoms with van der Waals surface area (Å²) in [6.07, 6.45) is 4.49. The van der Waals surface area contributed by atoms with Crippen LogP contribution in [0.5, 0.6) is 0 Å². The summed E-state index contributed by atoms with van der Waals surface area (Å²) in [6.45, 7) is 5.91. The van der Waals surface area contributed by atoms with Crippen LogP contribution in [0.15, 0.2) is 0 Å². The van der Waals surface area contributed by atoms with E-state index in [1.807, 2.05) is 6.92 Å². The van der Waals surface area contributed by atoms with Crippen molar-refractivity contribution >= 4 is 0 Å². The second kappa shape index (κ2) is 5.61. The zero-order valence-corrected chi connectivity index (χ0v) is 8.83. The highest BCUT2D eigenvalue weighted by atomic mass is 16.5. The number of hydrogen-bond donors (Lipinski definition) is 1. The van der Waals surface area contributed by atoms with E-state index < -0.39 is 0 Å². The summed E-state index contributed by atoms with van der Waals surface area (Å²) >= 11 is 0. The average molecular weight is 186 g/mol. The standard InChI is InChI=1S/C11H22O2/c1-3-11(9(2)12)8-10-4-6-13-7-5-10/h9-12H,3-8H2,1-2H3. The normalized spacial score (nSPS) is 24.2. The zero-order valence-electron chi connectivity index (χ0n) is 8.83. The smallest absolute Gasteiger partial charge is 0.0540 e. The van der Waals surface area contributed by atoms with Crippen molar-refractivity contribution in [2.45, 2.75) is 45.6 Å². The summed E-state index contributed by atoms with van der Waals surface area (Å²) in [5.74, 6) is 1.27. The number of ether oxygens (including phenoxy) is 1. The van der Waals surface area contributed by atoms with E-state index in [0.717, 1.165) is 25.6 Å². The molecule has 0 aromatic carbocycles. The van der Waals surface area contributed by atoms with Crippen LogP contribution in [0.3, 0.4) is 0 Å². The van der Waals surface area contributed by atoms with Crippen LogP contribution >= 0.6 is 0 Å². The summed E-state index contributed by atoms with van der Waals surface area (Å²) in [5.41, 5.74) is 0. The van der Waals surface area contributed by atoms with E-state index in [9.17, 15) is 5.11 Å². The number of rotatable bonds is 4. The third-order valence-corrected chi connectivity index (χ3v) is 3.18. The Kier molecular flexibility index (Phi) is 4.74. The van der Waals surface area contributed by atoms with Gasteiger partial charge in [0, 0.05) is 13.2 Å². The van der Waals surface area contributed by atoms with E-state index >= 15 is 0 Å². The molecule has 1 aliphatic rings. The molecule has 0 spiro atoms. The monoisotopic (exact) mass is 186 g/mol. The van der Waals surface area contributed by atoms with Crippen molar-refractivity contribution in [2.24, 2.45) is 11.8 Å². The van der Waals surface area contributed by atoms with Gasteiger partial charge in [0.2, 0.25) is 0 Å². The van der Waals surface area contributed by atoms with Crippen molar-refractivity contribution in [3.63, 3.8) is 0 Å². The van der Waals surface area contributed by atoms with Crippen LogP contribution in [0.4, 0.5) is 0 Å². The largest absolute Gasteiger partial charge is 0.393 e. The summed E-state index contributed by atoms with van der Waals surface area (Å²) in [5, 5.41) is 9.51. The molecule has 0 saturated carbocycles. The molecular formula is C11H22O2. The maximum atomic E-state index is 9.51. The molecular weight excluding hydrogens is 164 g/mol. The maximum absolute atomic E-state index is 9.51. The fourth-order valence-electron chi connectivity index (χ4n) is 2.11. The molecule has 2 atom stereocenters. The van der Waals surface area contributed by atoms with E-state index in [1.54, 1.807) is 0 Å². The Morgan fingerprint density at radius 3 is 2.46 bits per heavy atom. The van der Waals surface area contributed by atoms with Crippen LogP contribution in [0.1, 0.15) is 39.5 Å². The van der Waals surface area contributed by atoms with Gasteiger partial charge in [0.25, 0.3) is 0 Å². The Hall–Kier alpha value is -0.0800. The first-order valence-electron chi connectivity index (χ1n) is 5.49. The molecule has 0 aromatic rings. The second-order valence-corrected chi connectivity index (χ2v) is 4.20. The van der Waals surface area contributed by atoms with Crippen molar-refractivity contribution in [2.75, 3.05) is 13.2 Å². The number of aliphatic hydroxyl groups is 1. The van der Waals surface area contributed by atoms with Gasteiger partial charge in [-0.1, -0.05) is 13.3 Å². The summed E-state index contributed by atoms with van der Waals surface area (Å²) in [4.78, 5) is 0. The molecule has 0 aromatic heterocycles. The molecule has 2 unspecified atom stereocenters. The Bertz CT molecular complexity index is 128. The molecule has 1 saturated heterocycles. The lowest BCUT2D eigenvalue weighted by atomic mass is 9.85. The third kappa shape index (κ3) is 3.65. The molecule has 0 radical (unpaired) electrons. The van der Waals surface area contributed by atoms with Gasteiger partial charge in [-0.25, -0.2) is 0 Å². The highest BCUT2D eigenvalue weighted by Crippen LogP contribution is 2.26. The van der Waals surface area contributed by atoms with Crippen LogP contribution in [0.25, 0.3) is 0 Å². The van der Waals surface area contributed by atoms with Crippen molar-refractivity contribution in [1.29, 1.82) is 0 Å². The van der Waals surface area contributed by atoms with Crippen LogP contribution in [-0.2, 0) is 4.74 Å². The Labute approximate surface area is 81.3 Å². The van der Waals surface area contributed by atoms with E-state index in [1.165, 1.54) is 19.3 Å². The molecule has 0 aliphatic carbocycles. The predicted octanol–water partition coefficient (Wildman–Crippen LogP) is 2.21. The summed E-state index contributed by atoms with van der Waals surface area (Å²) in [7, 11) is 0. The van der Waals surface area contributed by atoms with E-state index in [2.05, 4.69) is 6.92 Å². The van der Waals surface area contributed by atoms with Gasteiger partial charge >= 0.3 is 0 Å². The lowest BCUT2D eigenvalue weighted by molar-refractivity contribution is 0.0420. The van der Waals surface area contributed by atoms with E-state index in [0.29, 0.717) is 5.92 Å². The first-order chi connectivity index (χ1) is 6.24. The van der Waals surface area contributed by atoms with Crippen molar-refractivity contribution in [3.05, 3.63) is 0 Å². The Morgan fingerprint density at radius 1 is 1.38 bits per heavy atom. The van der Waals surface area contributed by atoms with Gasteiger partial charge in [0.05, 0.1) is 6.10 Å². The first kappa shape index (κ1) is 11.0. The first-order valence-corrected chi connectivity index (χ1v) is 5.49. The Morgan fingerprint density at radius 2 is 2.00 bits per heavy atom. The van der Waals surface area contributed by atoms with E-state index in [-0.39, 0.29) is 6.10 Å². The molecule has 0 amide bonds. The predicted molar refractivity (Wildman–Crippen MR) is 53.6 cm³/mol. The molecule has 2 nitrogen and oxygen atoms in total. The lowest BCUT2D eigenvalue weighted by Crippen LogP contribution is -2.23. The molecule has 1 fully saturated rings. The van der Waals surface area contributed by atoms with Gasteiger partial charge < -0.3 is 9.84 Å². The average Bonchev–Trinajstić information content (AvgIpc) is 2.15. The van der Waals surface area contributed by atoms with Gasteiger partial charge in [0.1, 0.15) is 0 Å². The summed E-state index contributed by atoms with van der Waals surface area (Å²) < 4.78 is 5.31. The minimum atomic E-state index is -0.146. The minimum absolute atomic E-state index is 0.146. The van der Waals surface area contributed by atoms with Gasteiger partial charge in [0.15, 0.2) is 0 Å². The quantitative estimate of drug-likeness (QED) is 0.729. The molecule has 1 rings (SSSR count). The van der Waals surface area contributed by atoms with Crippen LogP contribution in [-0.4, -0.2) is 24.4 Å². The summed E-state index contributed by atoms with van der Waals surface area (Å²) in [6, 6.07) is 0. The van der Waals surface area contributed by atoms with Gasteiger partial charge in [-0.15, -0.1) is 0 Å². The van der Waals surface area contributed by atoms with Gasteiger partial charge in [-0.3, -0.25) is 0 Å². The zero-order chi connectivity index (χ0) is 9.68. The molecule has 1 aliphatic heterocycles. The van der Waals surface area contributed by atoms with Crippen molar-refractivity contribution in [3.8, 4) is 0 Å². The maximum Gasteiger partial charge on any atom is 0.0540 e. The molecule has 2 heteroatoms. The fourth-order valence-corrected chi connectivity index (χ4v) is 2.11. The molecule has 0 bridgehead atoms. The van der Waals surface area contributed by atoms with Crippen LogP contribution in [0, 0.1) is 11.8 Å². The molecule has 13 heavy (non-hydrogen) atoms. The van der Waals surface area contributed by atoms with Gasteiger partial charge in [-0.05, 0) is 38.0 Å². The van der Waals surface area contributed by atoms with E-state index in [4.69, 9.17) is 4.74 Å². The highest BCUT2D eigenvalue weighted by molar-refractivity contribution is 4.71. The topological polar surface area (TPSA) is 29.5 Å². The third-order valence-electron chi connectivity index (χ3n) is 3.18. The van der Waals surface area contributed by atoms with Crippen LogP contribution in [0.2, 0.25) is 0 Å². The SMILES string of the molecule is CCC(CC1CCOCC1)C(C)O. The number of aliphatic hydroxyl groups excluding tert-OH is 1. The van der Waals surface area contributed by atoms with Gasteiger partial charge in [-0.2, -0.15) is 0 Å². The molecule has 1 N–H and O–H groups in total. The highest BCUT2D eigenvalue weighted by Gasteiger charge is 2.20. The molecule has 1 heterocycles. The lowest BCUT2D eigenvalue weighted by Gasteiger charge is -2.27. The van der Waals surface area contributed by atoms with Crippen molar-refractivity contribution in [1.82, 2.24) is 0 Å². The Balaban J connectivity index is 2.27. The number of hydrogen-bond acceptors (Lipinski definition) is 2. The minimum Gasteiger partial charge on any atom is -0.393 e. The van der Waals surface area contributed by atoms with Crippen molar-refractivity contribution < 1.29 is 9.84 Å². The fraction of sp³-hybridized carbons (Fsp3) is 1.00. The van der Waals surface area contributed by atoms with Crippen LogP contribution < -0.4 is 0 Å². The second-order valence-electron chi connectivity index (χ2n) is 4.20.